The second-order valence-electron chi connectivity index (χ2n) is 5.43. The van der Waals surface area contributed by atoms with Gasteiger partial charge in [0, 0.05) is 5.56 Å². The second-order valence-corrected chi connectivity index (χ2v) is 5.43. The standard InChI is InChI=1S/C20H14O2/c21-17-9-7-14-11-16(6-5-15(14)12-17)20-18-4-2-1-3-13(18)8-10-19(20)22/h1-12,21-22H. The van der Waals surface area contributed by atoms with E-state index in [0.717, 1.165) is 32.7 Å². The van der Waals surface area contributed by atoms with Crippen molar-refractivity contribution in [3.05, 3.63) is 72.8 Å². The van der Waals surface area contributed by atoms with Crippen LogP contribution in [0.3, 0.4) is 0 Å². The molecule has 2 N–H and O–H groups in total. The highest BCUT2D eigenvalue weighted by atomic mass is 16.3. The van der Waals surface area contributed by atoms with Gasteiger partial charge in [0.15, 0.2) is 0 Å². The van der Waals surface area contributed by atoms with Gasteiger partial charge in [0.2, 0.25) is 0 Å². The molecule has 0 aliphatic rings. The smallest absolute Gasteiger partial charge is 0.124 e. The molecule has 4 aromatic carbocycles. The first kappa shape index (κ1) is 12.7. The lowest BCUT2D eigenvalue weighted by Gasteiger charge is -2.10. The maximum Gasteiger partial charge on any atom is 0.124 e. The quantitative estimate of drug-likeness (QED) is 0.513. The average Bonchev–Trinajstić information content (AvgIpc) is 2.54. The number of benzene rings is 4. The molecule has 4 aromatic rings. The van der Waals surface area contributed by atoms with Crippen molar-refractivity contribution in [3.63, 3.8) is 0 Å². The number of rotatable bonds is 1. The van der Waals surface area contributed by atoms with Crippen LogP contribution < -0.4 is 0 Å². The Morgan fingerprint density at radius 1 is 0.591 bits per heavy atom. The molecule has 22 heavy (non-hydrogen) atoms. The zero-order valence-electron chi connectivity index (χ0n) is 11.8. The van der Waals surface area contributed by atoms with Gasteiger partial charge in [0.05, 0.1) is 0 Å². The van der Waals surface area contributed by atoms with Crippen LogP contribution in [0, 0.1) is 0 Å². The molecule has 106 valence electrons. The first-order valence-corrected chi connectivity index (χ1v) is 7.16. The van der Waals surface area contributed by atoms with Crippen molar-refractivity contribution in [2.45, 2.75) is 0 Å². The zero-order valence-corrected chi connectivity index (χ0v) is 11.8. The van der Waals surface area contributed by atoms with Gasteiger partial charge in [-0.3, -0.25) is 0 Å². The molecule has 0 amide bonds. The first-order valence-electron chi connectivity index (χ1n) is 7.16. The number of phenolic OH excluding ortho intramolecular Hbond substituents is 2. The summed E-state index contributed by atoms with van der Waals surface area (Å²) in [6, 6.07) is 23.0. The van der Waals surface area contributed by atoms with Crippen LogP contribution in [0.15, 0.2) is 72.8 Å². The normalized spacial score (nSPS) is 11.1. The predicted molar refractivity (Wildman–Crippen MR) is 90.2 cm³/mol. The largest absolute Gasteiger partial charge is 0.508 e. The minimum Gasteiger partial charge on any atom is -0.508 e. The lowest BCUT2D eigenvalue weighted by molar-refractivity contribution is 0.476. The molecule has 4 rings (SSSR count). The van der Waals surface area contributed by atoms with Crippen molar-refractivity contribution >= 4 is 21.5 Å². The number of phenols is 2. The topological polar surface area (TPSA) is 40.5 Å². The summed E-state index contributed by atoms with van der Waals surface area (Å²) in [5.41, 5.74) is 1.81. The molecule has 0 radical (unpaired) electrons. The molecule has 0 unspecified atom stereocenters. The molecular weight excluding hydrogens is 272 g/mol. The Bertz CT molecular complexity index is 1000. The molecule has 0 heterocycles. The fourth-order valence-electron chi connectivity index (χ4n) is 2.95. The van der Waals surface area contributed by atoms with Gasteiger partial charge < -0.3 is 10.2 Å². The Labute approximate surface area is 127 Å². The fraction of sp³-hybridized carbons (Fsp3) is 0. The van der Waals surface area contributed by atoms with E-state index in [1.165, 1.54) is 0 Å². The van der Waals surface area contributed by atoms with Crippen molar-refractivity contribution in [1.82, 2.24) is 0 Å². The summed E-state index contributed by atoms with van der Waals surface area (Å²) < 4.78 is 0. The van der Waals surface area contributed by atoms with Crippen LogP contribution in [-0.4, -0.2) is 10.2 Å². The molecule has 0 fully saturated rings. The predicted octanol–water partition coefficient (Wildman–Crippen LogP) is 5.07. The van der Waals surface area contributed by atoms with Gasteiger partial charge >= 0.3 is 0 Å². The summed E-state index contributed by atoms with van der Waals surface area (Å²) >= 11 is 0. The summed E-state index contributed by atoms with van der Waals surface area (Å²) in [7, 11) is 0. The van der Waals surface area contributed by atoms with Crippen LogP contribution in [0.2, 0.25) is 0 Å². The van der Waals surface area contributed by atoms with Crippen LogP contribution in [0.4, 0.5) is 0 Å². The Morgan fingerprint density at radius 3 is 2.23 bits per heavy atom. The second kappa shape index (κ2) is 4.78. The van der Waals surface area contributed by atoms with Gasteiger partial charge in [0.1, 0.15) is 11.5 Å². The van der Waals surface area contributed by atoms with Crippen LogP contribution in [0.25, 0.3) is 32.7 Å². The molecule has 0 saturated heterocycles. The fourth-order valence-corrected chi connectivity index (χ4v) is 2.95. The van der Waals surface area contributed by atoms with Crippen molar-refractivity contribution in [3.8, 4) is 22.6 Å². The highest BCUT2D eigenvalue weighted by molar-refractivity contribution is 6.01. The van der Waals surface area contributed by atoms with Crippen molar-refractivity contribution in [2.75, 3.05) is 0 Å². The summed E-state index contributed by atoms with van der Waals surface area (Å²) in [6.45, 7) is 0. The molecule has 0 spiro atoms. The lowest BCUT2D eigenvalue weighted by atomic mass is 9.95. The third-order valence-corrected chi connectivity index (χ3v) is 4.02. The third kappa shape index (κ3) is 1.97. The molecule has 2 heteroatoms. The summed E-state index contributed by atoms with van der Waals surface area (Å²) in [4.78, 5) is 0. The maximum atomic E-state index is 10.3. The van der Waals surface area contributed by atoms with Crippen LogP contribution in [0.5, 0.6) is 11.5 Å². The Hall–Kier alpha value is -3.00. The molecular formula is C20H14O2. The van der Waals surface area contributed by atoms with Gasteiger partial charge in [-0.1, -0.05) is 48.5 Å². The Balaban J connectivity index is 2.02. The zero-order chi connectivity index (χ0) is 15.1. The average molecular weight is 286 g/mol. The van der Waals surface area contributed by atoms with E-state index in [0.29, 0.717) is 0 Å². The van der Waals surface area contributed by atoms with Gasteiger partial charge in [-0.2, -0.15) is 0 Å². The summed E-state index contributed by atoms with van der Waals surface area (Å²) in [6.07, 6.45) is 0. The first-order chi connectivity index (χ1) is 10.7. The maximum absolute atomic E-state index is 10.3. The van der Waals surface area contributed by atoms with Crippen LogP contribution in [0.1, 0.15) is 0 Å². The highest BCUT2D eigenvalue weighted by Crippen LogP contribution is 2.37. The van der Waals surface area contributed by atoms with Crippen molar-refractivity contribution in [2.24, 2.45) is 0 Å². The van der Waals surface area contributed by atoms with E-state index in [1.54, 1.807) is 18.2 Å². The molecule has 0 saturated carbocycles. The molecule has 2 nitrogen and oxygen atoms in total. The summed E-state index contributed by atoms with van der Waals surface area (Å²) in [5, 5.41) is 24.0. The van der Waals surface area contributed by atoms with E-state index in [9.17, 15) is 10.2 Å². The minimum absolute atomic E-state index is 0.258. The van der Waals surface area contributed by atoms with Crippen LogP contribution in [-0.2, 0) is 0 Å². The SMILES string of the molecule is Oc1ccc2cc(-c3c(O)ccc4ccccc34)ccc2c1. The number of fused-ring (bicyclic) bond motifs is 2. The molecule has 0 aliphatic heterocycles. The van der Waals surface area contributed by atoms with Crippen molar-refractivity contribution < 1.29 is 10.2 Å². The van der Waals surface area contributed by atoms with E-state index in [1.807, 2.05) is 54.6 Å². The lowest BCUT2D eigenvalue weighted by Crippen LogP contribution is -1.84. The number of hydrogen-bond acceptors (Lipinski definition) is 2. The molecule has 0 aliphatic carbocycles. The van der Waals surface area contributed by atoms with E-state index < -0.39 is 0 Å². The Morgan fingerprint density at radius 2 is 1.32 bits per heavy atom. The van der Waals surface area contributed by atoms with E-state index in [-0.39, 0.29) is 11.5 Å². The van der Waals surface area contributed by atoms with Gasteiger partial charge in [-0.15, -0.1) is 0 Å². The van der Waals surface area contributed by atoms with E-state index >= 15 is 0 Å². The van der Waals surface area contributed by atoms with Gasteiger partial charge in [-0.05, 0) is 51.4 Å². The van der Waals surface area contributed by atoms with Gasteiger partial charge in [-0.25, -0.2) is 0 Å². The molecule has 0 atom stereocenters. The van der Waals surface area contributed by atoms with Gasteiger partial charge in [0.25, 0.3) is 0 Å². The summed E-state index contributed by atoms with van der Waals surface area (Å²) in [5.74, 6) is 0.532. The third-order valence-electron chi connectivity index (χ3n) is 4.02. The van der Waals surface area contributed by atoms with Crippen molar-refractivity contribution in [1.29, 1.82) is 0 Å². The highest BCUT2D eigenvalue weighted by Gasteiger charge is 2.10. The minimum atomic E-state index is 0.258. The number of aromatic hydroxyl groups is 2. The van der Waals surface area contributed by atoms with Crippen LogP contribution >= 0.6 is 0 Å². The number of hydrogen-bond donors (Lipinski definition) is 2. The van der Waals surface area contributed by atoms with E-state index in [4.69, 9.17) is 0 Å². The molecule has 0 bridgehead atoms. The molecule has 0 aromatic heterocycles. The van der Waals surface area contributed by atoms with E-state index in [2.05, 4.69) is 0 Å². The Kier molecular flexibility index (Phi) is 2.76. The monoisotopic (exact) mass is 286 g/mol.